The zero-order valence-corrected chi connectivity index (χ0v) is 17.9. The summed E-state index contributed by atoms with van der Waals surface area (Å²) in [5, 5.41) is 5.00. The van der Waals surface area contributed by atoms with E-state index in [4.69, 9.17) is 16.4 Å². The zero-order valence-electron chi connectivity index (χ0n) is 16.3. The standard InChI is InChI=1S/C20H29ClN2O3S/c1-4-5-12-26-22-18-13-15-10-11-20(18,19(15,2)3)14-27(24,25)23-17-8-6-16(21)7-9-17/h6-9,15,23H,4-5,10-14H2,1-3H3. The van der Waals surface area contributed by atoms with E-state index in [1.54, 1.807) is 24.3 Å². The Morgan fingerprint density at radius 2 is 2.00 bits per heavy atom. The van der Waals surface area contributed by atoms with Crippen molar-refractivity contribution in [3.8, 4) is 0 Å². The second-order valence-electron chi connectivity index (χ2n) is 8.34. The van der Waals surface area contributed by atoms with Gasteiger partial charge in [0.05, 0.1) is 11.5 Å². The van der Waals surface area contributed by atoms with Crippen LogP contribution in [0.5, 0.6) is 0 Å². The monoisotopic (exact) mass is 412 g/mol. The molecule has 0 radical (unpaired) electrons. The molecule has 7 heteroatoms. The first kappa shape index (κ1) is 20.5. The van der Waals surface area contributed by atoms with Gasteiger partial charge in [-0.05, 0) is 61.3 Å². The fraction of sp³-hybridized carbons (Fsp3) is 0.650. The number of hydrogen-bond acceptors (Lipinski definition) is 4. The minimum atomic E-state index is -3.54. The predicted octanol–water partition coefficient (Wildman–Crippen LogP) is 5.08. The molecule has 3 rings (SSSR count). The number of anilines is 1. The molecule has 2 saturated carbocycles. The lowest BCUT2D eigenvalue weighted by molar-refractivity contribution is 0.133. The Bertz CT molecular complexity index is 805. The molecule has 1 aromatic carbocycles. The Morgan fingerprint density at radius 1 is 1.30 bits per heavy atom. The van der Waals surface area contributed by atoms with Gasteiger partial charge in [0.15, 0.2) is 0 Å². The summed E-state index contributed by atoms with van der Waals surface area (Å²) in [6, 6.07) is 6.71. The van der Waals surface area contributed by atoms with Crippen molar-refractivity contribution in [2.24, 2.45) is 21.9 Å². The van der Waals surface area contributed by atoms with Gasteiger partial charge in [-0.1, -0.05) is 43.9 Å². The molecular formula is C20H29ClN2O3S. The second kappa shape index (κ2) is 7.63. The number of nitrogens with one attached hydrogen (secondary N) is 1. The zero-order chi connectivity index (χ0) is 19.7. The van der Waals surface area contributed by atoms with Crippen molar-refractivity contribution < 1.29 is 13.3 Å². The normalized spacial score (nSPS) is 27.9. The first-order chi connectivity index (χ1) is 12.7. The van der Waals surface area contributed by atoms with Gasteiger partial charge in [0.2, 0.25) is 10.0 Å². The Balaban J connectivity index is 1.82. The third kappa shape index (κ3) is 3.97. The van der Waals surface area contributed by atoms with E-state index in [1.807, 2.05) is 0 Å². The van der Waals surface area contributed by atoms with E-state index in [-0.39, 0.29) is 11.2 Å². The SMILES string of the molecule is CCCCON=C1CC2CCC1(CS(=O)(=O)Nc1ccc(Cl)cc1)C2(C)C. The van der Waals surface area contributed by atoms with Gasteiger partial charge < -0.3 is 4.84 Å². The fourth-order valence-electron chi connectivity index (χ4n) is 4.65. The van der Waals surface area contributed by atoms with Crippen molar-refractivity contribution in [1.29, 1.82) is 0 Å². The molecule has 5 nitrogen and oxygen atoms in total. The molecule has 1 aromatic rings. The highest BCUT2D eigenvalue weighted by molar-refractivity contribution is 7.92. The summed E-state index contributed by atoms with van der Waals surface area (Å²) in [5.74, 6) is 0.485. The number of hydrogen-bond donors (Lipinski definition) is 1. The smallest absolute Gasteiger partial charge is 0.233 e. The molecule has 0 aliphatic heterocycles. The summed E-state index contributed by atoms with van der Waals surface area (Å²) in [7, 11) is -3.54. The van der Waals surface area contributed by atoms with Gasteiger partial charge in [-0.3, -0.25) is 4.72 Å². The molecule has 1 N–H and O–H groups in total. The van der Waals surface area contributed by atoms with Gasteiger partial charge in [-0.15, -0.1) is 0 Å². The first-order valence-electron chi connectivity index (χ1n) is 9.65. The number of oxime groups is 1. The van der Waals surface area contributed by atoms with E-state index in [0.717, 1.165) is 37.8 Å². The van der Waals surface area contributed by atoms with E-state index in [0.29, 0.717) is 23.2 Å². The molecule has 2 atom stereocenters. The summed E-state index contributed by atoms with van der Waals surface area (Å²) in [4.78, 5) is 5.53. The predicted molar refractivity (Wildman–Crippen MR) is 111 cm³/mol. The minimum Gasteiger partial charge on any atom is -0.396 e. The maximum absolute atomic E-state index is 13.0. The average Bonchev–Trinajstić information content (AvgIpc) is 2.95. The van der Waals surface area contributed by atoms with E-state index < -0.39 is 15.4 Å². The molecule has 2 bridgehead atoms. The number of benzene rings is 1. The molecule has 0 heterocycles. The van der Waals surface area contributed by atoms with Crippen LogP contribution >= 0.6 is 11.6 Å². The number of rotatable bonds is 8. The Hall–Kier alpha value is -1.27. The molecule has 2 fully saturated rings. The molecular weight excluding hydrogens is 384 g/mol. The quantitative estimate of drug-likeness (QED) is 0.478. The molecule has 2 unspecified atom stereocenters. The van der Waals surface area contributed by atoms with Crippen molar-refractivity contribution in [1.82, 2.24) is 0 Å². The Kier molecular flexibility index (Phi) is 5.78. The van der Waals surface area contributed by atoms with Crippen molar-refractivity contribution in [2.45, 2.75) is 52.9 Å². The van der Waals surface area contributed by atoms with Gasteiger partial charge in [0, 0.05) is 16.1 Å². The summed E-state index contributed by atoms with van der Waals surface area (Å²) in [5.41, 5.74) is 0.858. The second-order valence-corrected chi connectivity index (χ2v) is 10.5. The lowest BCUT2D eigenvalue weighted by atomic mass is 9.70. The van der Waals surface area contributed by atoms with Crippen LogP contribution in [-0.2, 0) is 14.9 Å². The van der Waals surface area contributed by atoms with Crippen molar-refractivity contribution >= 4 is 33.0 Å². The molecule has 0 aromatic heterocycles. The molecule has 150 valence electrons. The number of halogens is 1. The van der Waals surface area contributed by atoms with Gasteiger partial charge in [-0.25, -0.2) is 8.42 Å². The van der Waals surface area contributed by atoms with E-state index in [1.165, 1.54) is 0 Å². The third-order valence-electron chi connectivity index (χ3n) is 6.48. The maximum atomic E-state index is 13.0. The minimum absolute atomic E-state index is 0.0299. The van der Waals surface area contributed by atoms with Gasteiger partial charge in [-0.2, -0.15) is 0 Å². The number of fused-ring (bicyclic) bond motifs is 2. The topological polar surface area (TPSA) is 67.8 Å². The van der Waals surface area contributed by atoms with Crippen LogP contribution in [0.3, 0.4) is 0 Å². The van der Waals surface area contributed by atoms with Crippen molar-refractivity contribution in [3.05, 3.63) is 29.3 Å². The number of nitrogens with zero attached hydrogens (tertiary/aromatic N) is 1. The van der Waals surface area contributed by atoms with Crippen LogP contribution in [0.25, 0.3) is 0 Å². The van der Waals surface area contributed by atoms with Crippen LogP contribution in [0.15, 0.2) is 29.4 Å². The van der Waals surface area contributed by atoms with Crippen molar-refractivity contribution in [3.63, 3.8) is 0 Å². The highest BCUT2D eigenvalue weighted by Crippen LogP contribution is 2.64. The van der Waals surface area contributed by atoms with Gasteiger partial charge >= 0.3 is 0 Å². The first-order valence-corrected chi connectivity index (χ1v) is 11.7. The van der Waals surface area contributed by atoms with Crippen LogP contribution in [-0.4, -0.2) is 26.5 Å². The van der Waals surface area contributed by atoms with Crippen molar-refractivity contribution in [2.75, 3.05) is 17.1 Å². The molecule has 0 spiro atoms. The lowest BCUT2D eigenvalue weighted by Crippen LogP contribution is -2.43. The van der Waals surface area contributed by atoms with E-state index in [9.17, 15) is 8.42 Å². The molecule has 0 saturated heterocycles. The molecule has 27 heavy (non-hydrogen) atoms. The van der Waals surface area contributed by atoms with Crippen LogP contribution in [0, 0.1) is 16.7 Å². The third-order valence-corrected chi connectivity index (χ3v) is 8.16. The van der Waals surface area contributed by atoms with E-state index >= 15 is 0 Å². The average molecular weight is 413 g/mol. The van der Waals surface area contributed by atoms with E-state index in [2.05, 4.69) is 30.6 Å². The van der Waals surface area contributed by atoms with Crippen LogP contribution in [0.4, 0.5) is 5.69 Å². The van der Waals surface area contributed by atoms with Crippen LogP contribution < -0.4 is 4.72 Å². The van der Waals surface area contributed by atoms with Crippen LogP contribution in [0.2, 0.25) is 5.02 Å². The lowest BCUT2D eigenvalue weighted by Gasteiger charge is -2.37. The fourth-order valence-corrected chi connectivity index (χ4v) is 6.68. The van der Waals surface area contributed by atoms with Gasteiger partial charge in [0.1, 0.15) is 6.61 Å². The highest BCUT2D eigenvalue weighted by atomic mass is 35.5. The Labute approximate surface area is 167 Å². The Morgan fingerprint density at radius 3 is 2.63 bits per heavy atom. The van der Waals surface area contributed by atoms with Crippen LogP contribution in [0.1, 0.15) is 52.9 Å². The highest BCUT2D eigenvalue weighted by Gasteiger charge is 2.64. The molecule has 2 aliphatic rings. The number of unbranched alkanes of at least 4 members (excludes halogenated alkanes) is 1. The maximum Gasteiger partial charge on any atom is 0.233 e. The summed E-state index contributed by atoms with van der Waals surface area (Å²) < 4.78 is 28.7. The summed E-state index contributed by atoms with van der Waals surface area (Å²) in [6.07, 6.45) is 4.70. The largest absolute Gasteiger partial charge is 0.396 e. The molecule has 0 amide bonds. The van der Waals surface area contributed by atoms with Gasteiger partial charge in [0.25, 0.3) is 0 Å². The summed E-state index contributed by atoms with van der Waals surface area (Å²) in [6.45, 7) is 7.04. The molecule has 2 aliphatic carbocycles. The number of sulfonamides is 1. The summed E-state index contributed by atoms with van der Waals surface area (Å²) >= 11 is 5.89.